The molecular formula is C9H5F4NO. The van der Waals surface area contributed by atoms with Crippen molar-refractivity contribution in [1.29, 1.82) is 0 Å². The van der Waals surface area contributed by atoms with Crippen molar-refractivity contribution in [3.8, 4) is 0 Å². The summed E-state index contributed by atoms with van der Waals surface area (Å²) < 4.78 is 54.8. The molecular weight excluding hydrogens is 214 g/mol. The standard InChI is InChI=1S/C9H5F4NO/c1-4-6-2-5(10)3-7(9(11,12)13)8(6)15-14-4/h2-3H,1H3. The van der Waals surface area contributed by atoms with E-state index in [1.165, 1.54) is 6.92 Å². The summed E-state index contributed by atoms with van der Waals surface area (Å²) in [5, 5.41) is 3.41. The molecule has 0 N–H and O–H groups in total. The number of aryl methyl sites for hydroxylation is 1. The van der Waals surface area contributed by atoms with Gasteiger partial charge in [-0.3, -0.25) is 0 Å². The van der Waals surface area contributed by atoms with Gasteiger partial charge in [-0.1, -0.05) is 5.16 Å². The van der Waals surface area contributed by atoms with Gasteiger partial charge in [0.15, 0.2) is 5.58 Å². The van der Waals surface area contributed by atoms with Crippen molar-refractivity contribution < 1.29 is 22.1 Å². The van der Waals surface area contributed by atoms with E-state index in [1.54, 1.807) is 0 Å². The van der Waals surface area contributed by atoms with Crippen molar-refractivity contribution in [2.75, 3.05) is 0 Å². The second-order valence-corrected chi connectivity index (χ2v) is 3.10. The summed E-state index contributed by atoms with van der Waals surface area (Å²) in [5.74, 6) is -0.957. The van der Waals surface area contributed by atoms with Crippen LogP contribution in [0, 0.1) is 12.7 Å². The van der Waals surface area contributed by atoms with Crippen LogP contribution in [0.3, 0.4) is 0 Å². The number of hydrogen-bond acceptors (Lipinski definition) is 2. The third-order valence-electron chi connectivity index (χ3n) is 2.02. The SMILES string of the molecule is Cc1noc2c(C(F)(F)F)cc(F)cc12. The molecule has 6 heteroatoms. The molecule has 0 aliphatic heterocycles. The van der Waals surface area contributed by atoms with Gasteiger partial charge in [0, 0.05) is 5.39 Å². The molecule has 1 heterocycles. The van der Waals surface area contributed by atoms with Gasteiger partial charge in [-0.15, -0.1) is 0 Å². The minimum atomic E-state index is -4.65. The second kappa shape index (κ2) is 2.95. The monoisotopic (exact) mass is 219 g/mol. The van der Waals surface area contributed by atoms with Gasteiger partial charge in [0.1, 0.15) is 11.4 Å². The van der Waals surface area contributed by atoms with Crippen LogP contribution >= 0.6 is 0 Å². The molecule has 2 aromatic rings. The van der Waals surface area contributed by atoms with Crippen LogP contribution in [0.1, 0.15) is 11.3 Å². The van der Waals surface area contributed by atoms with E-state index in [0.29, 0.717) is 6.07 Å². The smallest absolute Gasteiger partial charge is 0.355 e. The Balaban J connectivity index is 2.84. The molecule has 0 radical (unpaired) electrons. The Labute approximate surface area is 81.5 Å². The van der Waals surface area contributed by atoms with Crippen LogP contribution in [0.5, 0.6) is 0 Å². The van der Waals surface area contributed by atoms with E-state index in [2.05, 4.69) is 9.68 Å². The lowest BCUT2D eigenvalue weighted by Gasteiger charge is -2.06. The van der Waals surface area contributed by atoms with Crippen LogP contribution in [-0.2, 0) is 6.18 Å². The first kappa shape index (κ1) is 9.95. The highest BCUT2D eigenvalue weighted by atomic mass is 19.4. The summed E-state index contributed by atoms with van der Waals surface area (Å²) in [6, 6.07) is 1.36. The first-order chi connectivity index (χ1) is 6.89. The van der Waals surface area contributed by atoms with Gasteiger partial charge in [-0.05, 0) is 19.1 Å². The predicted molar refractivity (Wildman–Crippen MR) is 43.7 cm³/mol. The van der Waals surface area contributed by atoms with Crippen LogP contribution in [0.15, 0.2) is 16.7 Å². The maximum Gasteiger partial charge on any atom is 0.420 e. The summed E-state index contributed by atoms with van der Waals surface area (Å²) in [6.45, 7) is 1.45. The van der Waals surface area contributed by atoms with Crippen LogP contribution in [0.2, 0.25) is 0 Å². The lowest BCUT2D eigenvalue weighted by atomic mass is 10.1. The highest BCUT2D eigenvalue weighted by molar-refractivity contribution is 5.82. The van der Waals surface area contributed by atoms with Crippen LogP contribution in [-0.4, -0.2) is 5.16 Å². The summed E-state index contributed by atoms with van der Waals surface area (Å²) >= 11 is 0. The van der Waals surface area contributed by atoms with Crippen molar-refractivity contribution in [2.24, 2.45) is 0 Å². The minimum Gasteiger partial charge on any atom is -0.355 e. The lowest BCUT2D eigenvalue weighted by Crippen LogP contribution is -2.05. The number of benzene rings is 1. The van der Waals surface area contributed by atoms with Crippen LogP contribution in [0.25, 0.3) is 11.0 Å². The van der Waals surface area contributed by atoms with E-state index in [4.69, 9.17) is 0 Å². The van der Waals surface area contributed by atoms with E-state index >= 15 is 0 Å². The Hall–Kier alpha value is -1.59. The largest absolute Gasteiger partial charge is 0.420 e. The van der Waals surface area contributed by atoms with Crippen LogP contribution < -0.4 is 0 Å². The fourth-order valence-electron chi connectivity index (χ4n) is 1.33. The molecule has 0 amide bonds. The molecule has 2 nitrogen and oxygen atoms in total. The van der Waals surface area contributed by atoms with Gasteiger partial charge in [0.05, 0.1) is 5.69 Å². The Kier molecular flexibility index (Phi) is 1.95. The summed E-state index contributed by atoms with van der Waals surface area (Å²) in [4.78, 5) is 0. The molecule has 15 heavy (non-hydrogen) atoms. The Morgan fingerprint density at radius 2 is 1.93 bits per heavy atom. The number of halogens is 4. The quantitative estimate of drug-likeness (QED) is 0.635. The zero-order chi connectivity index (χ0) is 11.2. The van der Waals surface area contributed by atoms with Gasteiger partial charge < -0.3 is 4.52 Å². The molecule has 0 spiro atoms. The molecule has 1 aromatic heterocycles. The topological polar surface area (TPSA) is 26.0 Å². The average Bonchev–Trinajstić information content (AvgIpc) is 2.45. The number of nitrogens with zero attached hydrogens (tertiary/aromatic N) is 1. The molecule has 1 aromatic carbocycles. The van der Waals surface area contributed by atoms with Crippen LogP contribution in [0.4, 0.5) is 17.6 Å². The van der Waals surface area contributed by atoms with Crippen molar-refractivity contribution in [2.45, 2.75) is 13.1 Å². The highest BCUT2D eigenvalue weighted by Gasteiger charge is 2.35. The van der Waals surface area contributed by atoms with E-state index < -0.39 is 23.1 Å². The van der Waals surface area contributed by atoms with Crippen molar-refractivity contribution in [3.63, 3.8) is 0 Å². The molecule has 80 valence electrons. The maximum atomic E-state index is 12.9. The molecule has 0 saturated heterocycles. The fourth-order valence-corrected chi connectivity index (χ4v) is 1.33. The Morgan fingerprint density at radius 1 is 1.27 bits per heavy atom. The number of hydrogen-bond donors (Lipinski definition) is 0. The number of fused-ring (bicyclic) bond motifs is 1. The summed E-state index contributed by atoms with van der Waals surface area (Å²) in [5.41, 5.74) is -1.34. The predicted octanol–water partition coefficient (Wildman–Crippen LogP) is 3.29. The first-order valence-electron chi connectivity index (χ1n) is 4.02. The average molecular weight is 219 g/mol. The zero-order valence-electron chi connectivity index (χ0n) is 7.52. The number of alkyl halides is 3. The van der Waals surface area contributed by atoms with E-state index in [9.17, 15) is 17.6 Å². The molecule has 0 fully saturated rings. The highest BCUT2D eigenvalue weighted by Crippen LogP contribution is 2.36. The number of rotatable bonds is 0. The van der Waals surface area contributed by atoms with Gasteiger partial charge in [-0.25, -0.2) is 4.39 Å². The fraction of sp³-hybridized carbons (Fsp3) is 0.222. The Morgan fingerprint density at radius 3 is 2.53 bits per heavy atom. The third kappa shape index (κ3) is 1.55. The minimum absolute atomic E-state index is 0.0438. The van der Waals surface area contributed by atoms with E-state index in [1.807, 2.05) is 0 Å². The van der Waals surface area contributed by atoms with Gasteiger partial charge in [-0.2, -0.15) is 13.2 Å². The zero-order valence-corrected chi connectivity index (χ0v) is 7.52. The normalized spacial score (nSPS) is 12.3. The molecule has 0 aliphatic rings. The van der Waals surface area contributed by atoms with E-state index in [0.717, 1.165) is 6.07 Å². The third-order valence-corrected chi connectivity index (χ3v) is 2.02. The Bertz CT molecular complexity index is 515. The molecule has 0 atom stereocenters. The van der Waals surface area contributed by atoms with Gasteiger partial charge in [0.25, 0.3) is 0 Å². The molecule has 0 unspecified atom stereocenters. The lowest BCUT2D eigenvalue weighted by molar-refractivity contribution is -0.137. The van der Waals surface area contributed by atoms with Crippen molar-refractivity contribution in [1.82, 2.24) is 5.16 Å². The maximum absolute atomic E-state index is 12.9. The summed E-state index contributed by atoms with van der Waals surface area (Å²) in [7, 11) is 0. The molecule has 0 aliphatic carbocycles. The van der Waals surface area contributed by atoms with Crippen molar-refractivity contribution >= 4 is 11.0 Å². The number of aromatic nitrogens is 1. The first-order valence-corrected chi connectivity index (χ1v) is 4.02. The molecule has 0 saturated carbocycles. The second-order valence-electron chi connectivity index (χ2n) is 3.10. The molecule has 0 bridgehead atoms. The van der Waals surface area contributed by atoms with E-state index in [-0.39, 0.29) is 11.1 Å². The van der Waals surface area contributed by atoms with Crippen molar-refractivity contribution in [3.05, 3.63) is 29.2 Å². The van der Waals surface area contributed by atoms with Gasteiger partial charge in [0.2, 0.25) is 0 Å². The summed E-state index contributed by atoms with van der Waals surface area (Å²) in [6.07, 6.45) is -4.65. The van der Waals surface area contributed by atoms with Gasteiger partial charge >= 0.3 is 6.18 Å². The molecule has 2 rings (SSSR count).